The average Bonchev–Trinajstić information content (AvgIpc) is 2.44. The Morgan fingerprint density at radius 1 is 1.05 bits per heavy atom. The highest BCUT2D eigenvalue weighted by atomic mass is 35.5. The van der Waals surface area contributed by atoms with E-state index in [1.54, 1.807) is 0 Å². The van der Waals surface area contributed by atoms with Crippen LogP contribution in [0.5, 0.6) is 0 Å². The van der Waals surface area contributed by atoms with E-state index in [9.17, 15) is 13.2 Å². The van der Waals surface area contributed by atoms with Crippen LogP contribution in [0.15, 0.2) is 0 Å². The molecule has 0 aromatic heterocycles. The summed E-state index contributed by atoms with van der Waals surface area (Å²) in [5, 5.41) is 10.1. The Labute approximate surface area is 134 Å². The number of hydrogen-bond acceptors (Lipinski definition) is 4. The zero-order chi connectivity index (χ0) is 17.3. The molecule has 0 aliphatic rings. The minimum Gasteiger partial charge on any atom is -0.475 e. The normalized spacial score (nSPS) is 11.0. The number of carboxylic acids is 1. The van der Waals surface area contributed by atoms with Gasteiger partial charge in [-0.1, -0.05) is 12.8 Å². The molecule has 5 nitrogen and oxygen atoms in total. The summed E-state index contributed by atoms with van der Waals surface area (Å²) in [5.74, 6) is -1.98. The van der Waals surface area contributed by atoms with Crippen molar-refractivity contribution in [3.05, 3.63) is 0 Å². The fourth-order valence-electron chi connectivity index (χ4n) is 1.15. The van der Waals surface area contributed by atoms with Gasteiger partial charge in [-0.05, 0) is 19.9 Å². The van der Waals surface area contributed by atoms with E-state index in [4.69, 9.17) is 31.0 Å². The Balaban J connectivity index is 0. The number of halogens is 4. The smallest absolute Gasteiger partial charge is 0.475 e. The lowest BCUT2D eigenvalue weighted by molar-refractivity contribution is -0.192. The topological polar surface area (TPSA) is 67.8 Å². The van der Waals surface area contributed by atoms with E-state index in [1.165, 1.54) is 12.8 Å². The first-order chi connectivity index (χ1) is 10.4. The molecule has 0 radical (unpaired) electrons. The third kappa shape index (κ3) is 21.7. The van der Waals surface area contributed by atoms with Gasteiger partial charge in [-0.2, -0.15) is 13.2 Å². The van der Waals surface area contributed by atoms with Gasteiger partial charge < -0.3 is 19.9 Å². The molecule has 0 amide bonds. The number of carboxylic acid groups (broad SMARTS) is 1. The summed E-state index contributed by atoms with van der Waals surface area (Å²) in [6, 6.07) is 0. The van der Waals surface area contributed by atoms with Crippen molar-refractivity contribution in [3.63, 3.8) is 0 Å². The van der Waals surface area contributed by atoms with E-state index >= 15 is 0 Å². The maximum absolute atomic E-state index is 10.6. The first-order valence-corrected chi connectivity index (χ1v) is 7.55. The first-order valence-electron chi connectivity index (χ1n) is 7.02. The fraction of sp³-hybridized carbons (Fsp3) is 0.923. The van der Waals surface area contributed by atoms with E-state index in [0.29, 0.717) is 13.2 Å². The van der Waals surface area contributed by atoms with Crippen LogP contribution in [0.25, 0.3) is 0 Å². The quantitative estimate of drug-likeness (QED) is 0.418. The Morgan fingerprint density at radius 2 is 1.55 bits per heavy atom. The van der Waals surface area contributed by atoms with Crippen LogP contribution < -0.4 is 5.32 Å². The van der Waals surface area contributed by atoms with Crippen LogP contribution in [0.4, 0.5) is 13.2 Å². The monoisotopic (exact) mass is 351 g/mol. The highest BCUT2D eigenvalue weighted by Gasteiger charge is 2.38. The lowest BCUT2D eigenvalue weighted by Crippen LogP contribution is -2.21. The number of rotatable bonds is 12. The Morgan fingerprint density at radius 3 is 2.00 bits per heavy atom. The van der Waals surface area contributed by atoms with E-state index in [2.05, 4.69) is 5.32 Å². The zero-order valence-electron chi connectivity index (χ0n) is 12.8. The summed E-state index contributed by atoms with van der Waals surface area (Å²) in [4.78, 5) is 8.90. The second kappa shape index (κ2) is 16.8. The maximum atomic E-state index is 10.6. The summed E-state index contributed by atoms with van der Waals surface area (Å²) in [5.41, 5.74) is 0. The standard InChI is InChI=1S/C11H24ClNO2.C2HF3O2/c1-13-7-9-15-11-10-14-8-5-3-2-4-6-12;3-2(4,5)1(6)7/h13H,2-11H2,1H3;(H,6,7). The van der Waals surface area contributed by atoms with E-state index < -0.39 is 12.1 Å². The molecule has 2 N–H and O–H groups in total. The van der Waals surface area contributed by atoms with Crippen molar-refractivity contribution in [2.45, 2.75) is 31.9 Å². The third-order valence-corrected chi connectivity index (χ3v) is 2.55. The van der Waals surface area contributed by atoms with Gasteiger partial charge >= 0.3 is 12.1 Å². The molecule has 0 heterocycles. The molecular weight excluding hydrogens is 327 g/mol. The molecule has 0 aliphatic heterocycles. The zero-order valence-corrected chi connectivity index (χ0v) is 13.5. The summed E-state index contributed by atoms with van der Waals surface area (Å²) in [7, 11) is 1.92. The lowest BCUT2D eigenvalue weighted by atomic mass is 10.2. The van der Waals surface area contributed by atoms with Crippen molar-refractivity contribution in [1.82, 2.24) is 5.32 Å². The molecule has 0 bridgehead atoms. The molecule has 9 heteroatoms. The molecule has 0 rings (SSSR count). The molecular formula is C13H25ClF3NO4. The van der Waals surface area contributed by atoms with E-state index in [1.807, 2.05) is 7.05 Å². The number of ether oxygens (including phenoxy) is 2. The number of likely N-dealkylation sites (N-methyl/N-ethyl adjacent to an activating group) is 1. The summed E-state index contributed by atoms with van der Waals surface area (Å²) in [6.07, 6.45) is -0.402. The molecule has 0 saturated carbocycles. The van der Waals surface area contributed by atoms with E-state index in [-0.39, 0.29) is 0 Å². The third-order valence-electron chi connectivity index (χ3n) is 2.28. The minimum atomic E-state index is -5.08. The van der Waals surface area contributed by atoms with Crippen molar-refractivity contribution in [2.24, 2.45) is 0 Å². The maximum Gasteiger partial charge on any atom is 0.490 e. The summed E-state index contributed by atoms with van der Waals surface area (Å²) >= 11 is 5.57. The number of alkyl halides is 4. The molecule has 0 spiro atoms. The second-order valence-electron chi connectivity index (χ2n) is 4.23. The van der Waals surface area contributed by atoms with Crippen molar-refractivity contribution >= 4 is 17.6 Å². The number of carbonyl (C=O) groups is 1. The molecule has 0 saturated heterocycles. The predicted octanol–water partition coefficient (Wildman–Crippen LogP) is 2.67. The summed E-state index contributed by atoms with van der Waals surface area (Å²) < 4.78 is 42.5. The van der Waals surface area contributed by atoms with E-state index in [0.717, 1.165) is 38.5 Å². The lowest BCUT2D eigenvalue weighted by Gasteiger charge is -2.05. The van der Waals surface area contributed by atoms with Crippen LogP contribution in [-0.4, -0.2) is 63.2 Å². The highest BCUT2D eigenvalue weighted by molar-refractivity contribution is 6.17. The highest BCUT2D eigenvalue weighted by Crippen LogP contribution is 2.13. The molecule has 0 atom stereocenters. The SMILES string of the molecule is CNCCOCCOCCCCCCCl.O=C(O)C(F)(F)F. The largest absolute Gasteiger partial charge is 0.490 e. The molecule has 134 valence electrons. The molecule has 22 heavy (non-hydrogen) atoms. The number of hydrogen-bond donors (Lipinski definition) is 2. The van der Waals surface area contributed by atoms with Gasteiger partial charge in [0.15, 0.2) is 0 Å². The van der Waals surface area contributed by atoms with Crippen LogP contribution in [0.2, 0.25) is 0 Å². The number of unbranched alkanes of at least 4 members (excludes halogenated alkanes) is 3. The molecule has 0 unspecified atom stereocenters. The van der Waals surface area contributed by atoms with Gasteiger partial charge in [0.05, 0.1) is 19.8 Å². The fourth-order valence-corrected chi connectivity index (χ4v) is 1.34. The van der Waals surface area contributed by atoms with Gasteiger partial charge in [0.2, 0.25) is 0 Å². The Kier molecular flexibility index (Phi) is 18.1. The average molecular weight is 352 g/mol. The van der Waals surface area contributed by atoms with Gasteiger partial charge in [0.25, 0.3) is 0 Å². The molecule has 0 aliphatic carbocycles. The van der Waals surface area contributed by atoms with Crippen LogP contribution in [0.3, 0.4) is 0 Å². The first kappa shape index (κ1) is 23.7. The van der Waals surface area contributed by atoms with Crippen molar-refractivity contribution in [1.29, 1.82) is 0 Å². The van der Waals surface area contributed by atoms with Crippen LogP contribution in [-0.2, 0) is 14.3 Å². The van der Waals surface area contributed by atoms with Gasteiger partial charge in [-0.25, -0.2) is 4.79 Å². The van der Waals surface area contributed by atoms with Crippen LogP contribution >= 0.6 is 11.6 Å². The second-order valence-corrected chi connectivity index (χ2v) is 4.61. The van der Waals surface area contributed by atoms with Crippen LogP contribution in [0.1, 0.15) is 25.7 Å². The van der Waals surface area contributed by atoms with Gasteiger partial charge in [-0.3, -0.25) is 0 Å². The summed E-state index contributed by atoms with van der Waals surface area (Å²) in [6.45, 7) is 3.91. The molecule has 0 fully saturated rings. The molecule has 0 aromatic carbocycles. The van der Waals surface area contributed by atoms with Crippen LogP contribution in [0, 0.1) is 0 Å². The number of nitrogens with one attached hydrogen (secondary N) is 1. The Bertz CT molecular complexity index is 244. The minimum absolute atomic E-state index is 0.698. The Hall–Kier alpha value is -0.570. The number of aliphatic carboxylic acids is 1. The van der Waals surface area contributed by atoms with Crippen molar-refractivity contribution < 1.29 is 32.5 Å². The van der Waals surface area contributed by atoms with Gasteiger partial charge in [0.1, 0.15) is 0 Å². The predicted molar refractivity (Wildman–Crippen MR) is 78.4 cm³/mol. The van der Waals surface area contributed by atoms with Gasteiger partial charge in [-0.15, -0.1) is 11.6 Å². The molecule has 0 aromatic rings. The van der Waals surface area contributed by atoms with Crippen molar-refractivity contribution in [3.8, 4) is 0 Å². The van der Waals surface area contributed by atoms with Gasteiger partial charge in [0, 0.05) is 19.0 Å². The van der Waals surface area contributed by atoms with Crippen molar-refractivity contribution in [2.75, 3.05) is 45.9 Å².